The number of amides is 1. The van der Waals surface area contributed by atoms with E-state index in [1.54, 1.807) is 0 Å². The molecule has 4 heteroatoms. The summed E-state index contributed by atoms with van der Waals surface area (Å²) in [4.78, 5) is 13.9. The van der Waals surface area contributed by atoms with E-state index in [9.17, 15) is 4.79 Å². The molecule has 0 aromatic heterocycles. The maximum Gasteiger partial charge on any atom is 0.265 e. The van der Waals surface area contributed by atoms with Crippen LogP contribution in [0.4, 0.5) is 5.69 Å². The van der Waals surface area contributed by atoms with Gasteiger partial charge in [0.15, 0.2) is 6.61 Å². The van der Waals surface area contributed by atoms with Gasteiger partial charge in [-0.2, -0.15) is 12.6 Å². The first-order valence-electron chi connectivity index (χ1n) is 6.37. The normalized spacial score (nSPS) is 20.9. The predicted molar refractivity (Wildman–Crippen MR) is 74.4 cm³/mol. The fraction of sp³-hybridized carbons (Fsp3) is 0.500. The summed E-state index contributed by atoms with van der Waals surface area (Å²) in [5.74, 6) is 1.72. The molecule has 0 bridgehead atoms. The number of rotatable bonds is 3. The van der Waals surface area contributed by atoms with Gasteiger partial charge in [0.1, 0.15) is 5.75 Å². The van der Waals surface area contributed by atoms with E-state index in [1.807, 2.05) is 29.2 Å². The van der Waals surface area contributed by atoms with Gasteiger partial charge in [-0.3, -0.25) is 4.79 Å². The number of benzene rings is 1. The quantitative estimate of drug-likeness (QED) is 0.849. The third-order valence-corrected chi connectivity index (χ3v) is 4.72. The van der Waals surface area contributed by atoms with Gasteiger partial charge in [-0.1, -0.05) is 18.6 Å². The third-order valence-electron chi connectivity index (χ3n) is 4.05. The Morgan fingerprint density at radius 2 is 2.11 bits per heavy atom. The lowest BCUT2D eigenvalue weighted by Crippen LogP contribution is -2.49. The average Bonchev–Trinajstić information content (AvgIpc) is 2.36. The number of carbonyl (C=O) groups is 1. The van der Waals surface area contributed by atoms with E-state index >= 15 is 0 Å². The van der Waals surface area contributed by atoms with Crippen molar-refractivity contribution < 1.29 is 9.53 Å². The average molecular weight is 263 g/mol. The zero-order valence-electron chi connectivity index (χ0n) is 10.3. The molecule has 1 aromatic rings. The Morgan fingerprint density at radius 3 is 2.78 bits per heavy atom. The molecule has 3 nitrogen and oxygen atoms in total. The summed E-state index contributed by atoms with van der Waals surface area (Å²) in [5.41, 5.74) is 1.12. The van der Waals surface area contributed by atoms with Gasteiger partial charge >= 0.3 is 0 Å². The Bertz CT molecular complexity index is 465. The van der Waals surface area contributed by atoms with Gasteiger partial charge in [0, 0.05) is 6.54 Å². The molecule has 1 heterocycles. The summed E-state index contributed by atoms with van der Waals surface area (Å²) in [6, 6.07) is 7.76. The maximum absolute atomic E-state index is 12.1. The second-order valence-electron chi connectivity index (χ2n) is 5.25. The zero-order chi connectivity index (χ0) is 12.6. The largest absolute Gasteiger partial charge is 0.482 e. The van der Waals surface area contributed by atoms with E-state index in [4.69, 9.17) is 4.74 Å². The topological polar surface area (TPSA) is 29.5 Å². The summed E-state index contributed by atoms with van der Waals surface area (Å²) < 4.78 is 5.46. The number of carbonyl (C=O) groups excluding carboxylic acids is 1. The van der Waals surface area contributed by atoms with E-state index in [1.165, 1.54) is 19.3 Å². The van der Waals surface area contributed by atoms with Crippen molar-refractivity contribution in [1.82, 2.24) is 0 Å². The molecule has 96 valence electrons. The van der Waals surface area contributed by atoms with Crippen LogP contribution in [0.1, 0.15) is 19.3 Å². The van der Waals surface area contributed by atoms with Crippen LogP contribution in [0.2, 0.25) is 0 Å². The van der Waals surface area contributed by atoms with E-state index in [0.29, 0.717) is 0 Å². The van der Waals surface area contributed by atoms with Crippen LogP contribution in [0.25, 0.3) is 0 Å². The molecule has 18 heavy (non-hydrogen) atoms. The third kappa shape index (κ3) is 1.88. The Kier molecular flexibility index (Phi) is 2.98. The van der Waals surface area contributed by atoms with Crippen LogP contribution < -0.4 is 9.64 Å². The minimum absolute atomic E-state index is 0.0572. The standard InChI is InChI=1S/C14H17NO2S/c16-13-8-17-12-5-2-1-4-11(12)15(13)9-14(10-18)6-3-7-14/h1-2,4-5,18H,3,6-10H2. The van der Waals surface area contributed by atoms with Crippen LogP contribution in [-0.2, 0) is 4.79 Å². The summed E-state index contributed by atoms with van der Waals surface area (Å²) >= 11 is 4.46. The van der Waals surface area contributed by atoms with Gasteiger partial charge in [0.05, 0.1) is 5.69 Å². The van der Waals surface area contributed by atoms with Crippen LogP contribution in [0.3, 0.4) is 0 Å². The number of fused-ring (bicyclic) bond motifs is 1. The number of anilines is 1. The molecule has 1 aromatic carbocycles. The van der Waals surface area contributed by atoms with E-state index < -0.39 is 0 Å². The summed E-state index contributed by atoms with van der Waals surface area (Å²) in [6.07, 6.45) is 3.59. The van der Waals surface area contributed by atoms with Crippen molar-refractivity contribution >= 4 is 24.2 Å². The van der Waals surface area contributed by atoms with Crippen molar-refractivity contribution in [2.75, 3.05) is 23.8 Å². The molecular weight excluding hydrogens is 246 g/mol. The molecule has 2 aliphatic rings. The lowest BCUT2D eigenvalue weighted by atomic mass is 9.70. The zero-order valence-corrected chi connectivity index (χ0v) is 11.2. The van der Waals surface area contributed by atoms with Crippen LogP contribution in [-0.4, -0.2) is 24.8 Å². The van der Waals surface area contributed by atoms with Gasteiger partial charge in [-0.25, -0.2) is 0 Å². The number of hydrogen-bond donors (Lipinski definition) is 1. The van der Waals surface area contributed by atoms with Gasteiger partial charge in [-0.05, 0) is 36.1 Å². The Hall–Kier alpha value is -1.16. The number of ether oxygens (including phenoxy) is 1. The minimum Gasteiger partial charge on any atom is -0.482 e. The molecule has 1 aliphatic heterocycles. The van der Waals surface area contributed by atoms with Crippen molar-refractivity contribution in [1.29, 1.82) is 0 Å². The van der Waals surface area contributed by atoms with Gasteiger partial charge < -0.3 is 9.64 Å². The van der Waals surface area contributed by atoms with Crippen LogP contribution in [0, 0.1) is 5.41 Å². The lowest BCUT2D eigenvalue weighted by Gasteiger charge is -2.45. The minimum atomic E-state index is 0.0572. The molecule has 0 unspecified atom stereocenters. The number of thiol groups is 1. The van der Waals surface area contributed by atoms with Crippen molar-refractivity contribution in [3.63, 3.8) is 0 Å². The molecule has 1 fully saturated rings. The van der Waals surface area contributed by atoms with E-state index in [2.05, 4.69) is 12.6 Å². The highest BCUT2D eigenvalue weighted by atomic mass is 32.1. The summed E-state index contributed by atoms with van der Waals surface area (Å²) in [6.45, 7) is 0.926. The van der Waals surface area contributed by atoms with Crippen molar-refractivity contribution in [2.45, 2.75) is 19.3 Å². The van der Waals surface area contributed by atoms with E-state index in [0.717, 1.165) is 23.7 Å². The molecule has 0 spiro atoms. The fourth-order valence-corrected chi connectivity index (χ4v) is 3.12. The SMILES string of the molecule is O=C1COc2ccccc2N1CC1(CS)CCC1. The van der Waals surface area contributed by atoms with Gasteiger partial charge in [0.25, 0.3) is 5.91 Å². The number of hydrogen-bond acceptors (Lipinski definition) is 3. The molecular formula is C14H17NO2S. The molecule has 0 saturated heterocycles. The summed E-state index contributed by atoms with van der Waals surface area (Å²) in [5, 5.41) is 0. The fourth-order valence-electron chi connectivity index (χ4n) is 2.71. The molecule has 1 aliphatic carbocycles. The van der Waals surface area contributed by atoms with Gasteiger partial charge in [0.2, 0.25) is 0 Å². The first-order chi connectivity index (χ1) is 8.74. The van der Waals surface area contributed by atoms with Crippen LogP contribution >= 0.6 is 12.6 Å². The molecule has 1 saturated carbocycles. The monoisotopic (exact) mass is 263 g/mol. The second kappa shape index (κ2) is 4.50. The molecule has 0 N–H and O–H groups in total. The Balaban J connectivity index is 1.89. The predicted octanol–water partition coefficient (Wildman–Crippen LogP) is 2.51. The van der Waals surface area contributed by atoms with Gasteiger partial charge in [-0.15, -0.1) is 0 Å². The smallest absolute Gasteiger partial charge is 0.265 e. The first-order valence-corrected chi connectivity index (χ1v) is 7.00. The molecule has 0 radical (unpaired) electrons. The molecule has 0 atom stereocenters. The van der Waals surface area contributed by atoms with Crippen molar-refractivity contribution in [3.05, 3.63) is 24.3 Å². The Labute approximate surface area is 113 Å². The highest BCUT2D eigenvalue weighted by Crippen LogP contribution is 2.44. The highest BCUT2D eigenvalue weighted by Gasteiger charge is 2.40. The van der Waals surface area contributed by atoms with Crippen molar-refractivity contribution in [3.8, 4) is 5.75 Å². The molecule has 1 amide bonds. The van der Waals surface area contributed by atoms with E-state index in [-0.39, 0.29) is 17.9 Å². The lowest BCUT2D eigenvalue weighted by molar-refractivity contribution is -0.121. The highest BCUT2D eigenvalue weighted by molar-refractivity contribution is 7.80. The van der Waals surface area contributed by atoms with Crippen LogP contribution in [0.15, 0.2) is 24.3 Å². The number of nitrogens with zero attached hydrogens (tertiary/aromatic N) is 1. The first kappa shape index (κ1) is 11.9. The maximum atomic E-state index is 12.1. The van der Waals surface area contributed by atoms with Crippen molar-refractivity contribution in [2.24, 2.45) is 5.41 Å². The molecule has 3 rings (SSSR count). The van der Waals surface area contributed by atoms with Crippen LogP contribution in [0.5, 0.6) is 5.75 Å². The Morgan fingerprint density at radius 1 is 1.33 bits per heavy atom. The second-order valence-corrected chi connectivity index (χ2v) is 5.56. The summed E-state index contributed by atoms with van der Waals surface area (Å²) in [7, 11) is 0. The number of para-hydroxylation sites is 2.